The van der Waals surface area contributed by atoms with Crippen LogP contribution in [0.15, 0.2) is 0 Å². The number of carbonyl (C=O) groups is 1. The van der Waals surface area contributed by atoms with Gasteiger partial charge in [-0.3, -0.25) is 4.79 Å². The number of nitrogens with one attached hydrogen (secondary N) is 1. The van der Waals surface area contributed by atoms with Gasteiger partial charge >= 0.3 is 0 Å². The van der Waals surface area contributed by atoms with Gasteiger partial charge in [0.15, 0.2) is 0 Å². The van der Waals surface area contributed by atoms with Crippen LogP contribution < -0.4 is 5.32 Å². The first-order chi connectivity index (χ1) is 8.51. The maximum Gasteiger partial charge on any atom is 0.221 e. The third-order valence-electron chi connectivity index (χ3n) is 4.08. The number of nitriles is 1. The molecule has 102 valence electrons. The van der Waals surface area contributed by atoms with Crippen molar-refractivity contribution >= 4 is 5.91 Å². The predicted octanol–water partition coefficient (Wildman–Crippen LogP) is 3.40. The van der Waals surface area contributed by atoms with Crippen LogP contribution in [0, 0.1) is 23.2 Å². The Bertz CT molecular complexity index is 309. The lowest BCUT2D eigenvalue weighted by molar-refractivity contribution is -0.123. The van der Waals surface area contributed by atoms with Crippen LogP contribution in [0.5, 0.6) is 0 Å². The van der Waals surface area contributed by atoms with Crippen LogP contribution in [0.4, 0.5) is 0 Å². The highest BCUT2D eigenvalue weighted by Crippen LogP contribution is 2.33. The van der Waals surface area contributed by atoms with Crippen molar-refractivity contribution in [3.63, 3.8) is 0 Å². The third kappa shape index (κ3) is 4.33. The Morgan fingerprint density at radius 1 is 1.44 bits per heavy atom. The quantitative estimate of drug-likeness (QED) is 0.813. The van der Waals surface area contributed by atoms with E-state index in [1.165, 1.54) is 6.42 Å². The van der Waals surface area contributed by atoms with Gasteiger partial charge in [0.05, 0.1) is 6.07 Å². The first-order valence-corrected chi connectivity index (χ1v) is 7.23. The minimum atomic E-state index is -0.584. The van der Waals surface area contributed by atoms with Crippen molar-refractivity contribution in [3.05, 3.63) is 0 Å². The molecule has 0 unspecified atom stereocenters. The lowest BCUT2D eigenvalue weighted by atomic mass is 9.76. The Labute approximate surface area is 111 Å². The fourth-order valence-electron chi connectivity index (χ4n) is 2.59. The summed E-state index contributed by atoms with van der Waals surface area (Å²) in [6.45, 7) is 6.42. The van der Waals surface area contributed by atoms with E-state index in [9.17, 15) is 10.1 Å². The fourth-order valence-corrected chi connectivity index (χ4v) is 2.59. The Kier molecular flexibility index (Phi) is 5.65. The second-order valence-electron chi connectivity index (χ2n) is 6.03. The van der Waals surface area contributed by atoms with Crippen LogP contribution in [-0.2, 0) is 4.79 Å². The van der Waals surface area contributed by atoms with Crippen molar-refractivity contribution in [3.8, 4) is 6.07 Å². The topological polar surface area (TPSA) is 52.9 Å². The van der Waals surface area contributed by atoms with Gasteiger partial charge in [0, 0.05) is 6.42 Å². The number of rotatable bonds is 5. The largest absolute Gasteiger partial charge is 0.338 e. The molecule has 0 aliphatic heterocycles. The maximum atomic E-state index is 11.9. The Morgan fingerprint density at radius 2 is 2.06 bits per heavy atom. The van der Waals surface area contributed by atoms with Gasteiger partial charge in [-0.2, -0.15) is 5.26 Å². The molecule has 3 nitrogen and oxygen atoms in total. The molecule has 1 amide bonds. The molecule has 0 atom stereocenters. The maximum absolute atomic E-state index is 11.9. The molecule has 1 saturated carbocycles. The SMILES string of the molecule is CCC1CCC(C#N)(NC(=O)CCC(C)C)CC1. The molecule has 1 aliphatic carbocycles. The van der Waals surface area contributed by atoms with Crippen LogP contribution in [0.3, 0.4) is 0 Å². The molecule has 0 heterocycles. The van der Waals surface area contributed by atoms with Crippen molar-refractivity contribution in [1.82, 2.24) is 5.32 Å². The normalized spacial score (nSPS) is 27.8. The Hall–Kier alpha value is -1.04. The Balaban J connectivity index is 2.47. The first-order valence-electron chi connectivity index (χ1n) is 7.23. The van der Waals surface area contributed by atoms with Crippen molar-refractivity contribution in [2.45, 2.75) is 71.3 Å². The molecule has 0 saturated heterocycles. The van der Waals surface area contributed by atoms with Crippen LogP contribution in [0.25, 0.3) is 0 Å². The lowest BCUT2D eigenvalue weighted by Crippen LogP contribution is -2.49. The summed E-state index contributed by atoms with van der Waals surface area (Å²) in [6, 6.07) is 2.35. The molecule has 1 fully saturated rings. The highest BCUT2D eigenvalue weighted by atomic mass is 16.1. The molecule has 0 aromatic heterocycles. The zero-order chi connectivity index (χ0) is 13.6. The van der Waals surface area contributed by atoms with Crippen molar-refractivity contribution in [1.29, 1.82) is 5.26 Å². The second kappa shape index (κ2) is 6.78. The van der Waals surface area contributed by atoms with E-state index in [0.29, 0.717) is 12.3 Å². The molecule has 0 aromatic rings. The fraction of sp³-hybridized carbons (Fsp3) is 0.867. The molecule has 0 bridgehead atoms. The summed E-state index contributed by atoms with van der Waals surface area (Å²) in [6.07, 6.45) is 6.37. The lowest BCUT2D eigenvalue weighted by Gasteiger charge is -2.35. The minimum absolute atomic E-state index is 0.0419. The number of hydrogen-bond donors (Lipinski definition) is 1. The zero-order valence-electron chi connectivity index (χ0n) is 12.0. The van der Waals surface area contributed by atoms with Gasteiger partial charge in [0.25, 0.3) is 0 Å². The molecule has 1 rings (SSSR count). The highest BCUT2D eigenvalue weighted by molar-refractivity contribution is 5.77. The van der Waals surface area contributed by atoms with Gasteiger partial charge in [0.2, 0.25) is 5.91 Å². The van der Waals surface area contributed by atoms with E-state index < -0.39 is 5.54 Å². The van der Waals surface area contributed by atoms with E-state index in [4.69, 9.17) is 0 Å². The second-order valence-corrected chi connectivity index (χ2v) is 6.03. The number of amides is 1. The molecular weight excluding hydrogens is 224 g/mol. The summed E-state index contributed by atoms with van der Waals surface area (Å²) in [5.74, 6) is 1.31. The van der Waals surface area contributed by atoms with E-state index in [1.54, 1.807) is 0 Å². The standard InChI is InChI=1S/C15H26N2O/c1-4-13-7-9-15(11-16,10-8-13)17-14(18)6-5-12(2)3/h12-13H,4-10H2,1-3H3,(H,17,18). The van der Waals surface area contributed by atoms with E-state index in [1.807, 2.05) is 0 Å². The monoisotopic (exact) mass is 250 g/mol. The van der Waals surface area contributed by atoms with Gasteiger partial charge in [-0.1, -0.05) is 27.2 Å². The molecule has 3 heteroatoms. The zero-order valence-corrected chi connectivity index (χ0v) is 12.0. The third-order valence-corrected chi connectivity index (χ3v) is 4.08. The minimum Gasteiger partial charge on any atom is -0.338 e. The van der Waals surface area contributed by atoms with E-state index in [0.717, 1.165) is 38.0 Å². The molecule has 0 spiro atoms. The van der Waals surface area contributed by atoms with E-state index >= 15 is 0 Å². The molecule has 1 N–H and O–H groups in total. The molecule has 0 aromatic carbocycles. The molecule has 1 aliphatic rings. The van der Waals surface area contributed by atoms with Crippen molar-refractivity contribution in [2.24, 2.45) is 11.8 Å². The first kappa shape index (κ1) is 15.0. The average Bonchev–Trinajstić information content (AvgIpc) is 2.37. The van der Waals surface area contributed by atoms with E-state index in [-0.39, 0.29) is 5.91 Å². The van der Waals surface area contributed by atoms with Gasteiger partial charge in [-0.15, -0.1) is 0 Å². The summed E-state index contributed by atoms with van der Waals surface area (Å²) in [4.78, 5) is 11.9. The summed E-state index contributed by atoms with van der Waals surface area (Å²) in [5.41, 5.74) is -0.584. The number of nitrogens with zero attached hydrogens (tertiary/aromatic N) is 1. The summed E-state index contributed by atoms with van der Waals surface area (Å²) in [5, 5.41) is 12.3. The van der Waals surface area contributed by atoms with Crippen LogP contribution in [0.2, 0.25) is 0 Å². The predicted molar refractivity (Wildman–Crippen MR) is 72.8 cm³/mol. The van der Waals surface area contributed by atoms with Crippen LogP contribution in [0.1, 0.15) is 65.7 Å². The van der Waals surface area contributed by atoms with Crippen molar-refractivity contribution in [2.75, 3.05) is 0 Å². The molecule has 18 heavy (non-hydrogen) atoms. The van der Waals surface area contributed by atoms with Gasteiger partial charge in [-0.05, 0) is 43.9 Å². The van der Waals surface area contributed by atoms with Crippen LogP contribution >= 0.6 is 0 Å². The molecule has 0 radical (unpaired) electrons. The van der Waals surface area contributed by atoms with Crippen molar-refractivity contribution < 1.29 is 4.79 Å². The Morgan fingerprint density at radius 3 is 2.50 bits per heavy atom. The summed E-state index contributed by atoms with van der Waals surface area (Å²) >= 11 is 0. The smallest absolute Gasteiger partial charge is 0.221 e. The number of carbonyl (C=O) groups excluding carboxylic acids is 1. The summed E-state index contributed by atoms with van der Waals surface area (Å²) in [7, 11) is 0. The van der Waals surface area contributed by atoms with Gasteiger partial charge in [0.1, 0.15) is 5.54 Å². The average molecular weight is 250 g/mol. The molecular formula is C15H26N2O. The summed E-state index contributed by atoms with van der Waals surface area (Å²) < 4.78 is 0. The van der Waals surface area contributed by atoms with E-state index in [2.05, 4.69) is 32.2 Å². The van der Waals surface area contributed by atoms with Gasteiger partial charge in [-0.25, -0.2) is 0 Å². The number of hydrogen-bond acceptors (Lipinski definition) is 2. The van der Waals surface area contributed by atoms with Crippen LogP contribution in [-0.4, -0.2) is 11.4 Å². The van der Waals surface area contributed by atoms with Gasteiger partial charge < -0.3 is 5.32 Å². The highest BCUT2D eigenvalue weighted by Gasteiger charge is 2.36.